The van der Waals surface area contributed by atoms with Crippen molar-refractivity contribution in [3.8, 4) is 0 Å². The van der Waals surface area contributed by atoms with Gasteiger partial charge in [-0.1, -0.05) is 11.3 Å². The second-order valence-corrected chi connectivity index (χ2v) is 10.1. The second kappa shape index (κ2) is 9.02. The molecule has 3 aromatic rings. The van der Waals surface area contributed by atoms with Gasteiger partial charge < -0.3 is 4.90 Å². The van der Waals surface area contributed by atoms with Crippen LogP contribution in [0.3, 0.4) is 0 Å². The van der Waals surface area contributed by atoms with Crippen molar-refractivity contribution in [2.24, 2.45) is 0 Å². The first-order valence-electron chi connectivity index (χ1n) is 10.8. The number of hydrogen-bond acceptors (Lipinski definition) is 7. The van der Waals surface area contributed by atoms with Crippen molar-refractivity contribution in [2.45, 2.75) is 51.6 Å². The van der Waals surface area contributed by atoms with Gasteiger partial charge in [0.25, 0.3) is 0 Å². The molecule has 1 N–H and O–H groups in total. The molecule has 0 spiro atoms. The number of amides is 1. The molecule has 0 unspecified atom stereocenters. The van der Waals surface area contributed by atoms with E-state index in [1.807, 2.05) is 40.0 Å². The van der Waals surface area contributed by atoms with Crippen molar-refractivity contribution in [3.05, 3.63) is 52.6 Å². The third-order valence-corrected chi connectivity index (χ3v) is 7.85. The summed E-state index contributed by atoms with van der Waals surface area (Å²) in [4.78, 5) is 16.0. The number of aromatic nitrogens is 6. The lowest BCUT2D eigenvalue weighted by Crippen LogP contribution is -2.51. The van der Waals surface area contributed by atoms with Crippen LogP contribution in [-0.4, -0.2) is 68.8 Å². The number of carbonyl (C=O) groups is 1. The number of rotatable bonds is 8. The molecule has 176 valence electrons. The molecule has 1 amide bonds. The van der Waals surface area contributed by atoms with Crippen LogP contribution in [0.5, 0.6) is 0 Å². The summed E-state index contributed by atoms with van der Waals surface area (Å²) in [7, 11) is -3.70. The third kappa shape index (κ3) is 4.81. The van der Waals surface area contributed by atoms with Gasteiger partial charge in [0.1, 0.15) is 12.2 Å². The molecule has 1 aliphatic heterocycles. The van der Waals surface area contributed by atoms with E-state index in [0.717, 1.165) is 27.9 Å². The quantitative estimate of drug-likeness (QED) is 0.516. The van der Waals surface area contributed by atoms with E-state index in [4.69, 9.17) is 0 Å². The highest BCUT2D eigenvalue weighted by Gasteiger charge is 2.32. The van der Waals surface area contributed by atoms with Gasteiger partial charge in [-0.05, 0) is 49.9 Å². The zero-order valence-electron chi connectivity index (χ0n) is 19.2. The highest BCUT2D eigenvalue weighted by atomic mass is 32.2. The summed E-state index contributed by atoms with van der Waals surface area (Å²) in [5, 5.41) is 16.4. The Morgan fingerprint density at radius 1 is 1.09 bits per heavy atom. The molecule has 0 radical (unpaired) electrons. The van der Waals surface area contributed by atoms with Crippen molar-refractivity contribution in [2.75, 3.05) is 19.6 Å². The van der Waals surface area contributed by atoms with Crippen LogP contribution in [-0.2, 0) is 21.4 Å². The average molecular weight is 473 g/mol. The Bertz CT molecular complexity index is 1230. The molecule has 11 nitrogen and oxygen atoms in total. The van der Waals surface area contributed by atoms with Crippen LogP contribution in [0.4, 0.5) is 0 Å². The molecule has 1 aromatic carbocycles. The largest absolute Gasteiger partial charge is 0.338 e. The summed E-state index contributed by atoms with van der Waals surface area (Å²) in [6, 6.07) is 2.04. The number of sulfonamides is 1. The Balaban J connectivity index is 1.28. The topological polar surface area (TPSA) is 128 Å². The van der Waals surface area contributed by atoms with Gasteiger partial charge in [0.05, 0.1) is 29.5 Å². The highest BCUT2D eigenvalue weighted by molar-refractivity contribution is 7.89. The van der Waals surface area contributed by atoms with E-state index < -0.39 is 10.0 Å². The molecule has 0 bridgehead atoms. The van der Waals surface area contributed by atoms with E-state index >= 15 is 0 Å². The van der Waals surface area contributed by atoms with E-state index in [-0.39, 0.29) is 24.9 Å². The minimum absolute atomic E-state index is 0.0537. The summed E-state index contributed by atoms with van der Waals surface area (Å²) in [6.45, 7) is 8.94. The predicted octanol–water partition coefficient (Wildman–Crippen LogP) is 0.903. The monoisotopic (exact) mass is 472 g/mol. The van der Waals surface area contributed by atoms with Gasteiger partial charge in [0.2, 0.25) is 15.9 Å². The van der Waals surface area contributed by atoms with Crippen LogP contribution in [0.1, 0.15) is 40.4 Å². The van der Waals surface area contributed by atoms with Crippen molar-refractivity contribution in [1.82, 2.24) is 39.6 Å². The molecule has 4 rings (SSSR count). The number of nitrogens with zero attached hydrogens (tertiary/aromatic N) is 7. The van der Waals surface area contributed by atoms with Gasteiger partial charge in [0.15, 0.2) is 0 Å². The molecule has 1 saturated heterocycles. The fourth-order valence-corrected chi connectivity index (χ4v) is 5.61. The molecule has 1 aliphatic rings. The molecular weight excluding hydrogens is 444 g/mol. The van der Waals surface area contributed by atoms with E-state index in [0.29, 0.717) is 24.5 Å². The molecule has 3 heterocycles. The van der Waals surface area contributed by atoms with Crippen molar-refractivity contribution >= 4 is 15.9 Å². The van der Waals surface area contributed by atoms with Crippen molar-refractivity contribution in [1.29, 1.82) is 0 Å². The standard InChI is InChI=1S/C21H28N8O3S/c1-14-9-15(2)17(4)21(16(14)3)33(31,32)24-6-5-20(30)27-12-19(13-27)28-10-18(25-26-28)11-29-22-7-8-23-29/h7-10,19,24H,5-6,11-13H2,1-4H3. The smallest absolute Gasteiger partial charge is 0.241 e. The minimum Gasteiger partial charge on any atom is -0.338 e. The van der Waals surface area contributed by atoms with Gasteiger partial charge in [0, 0.05) is 26.1 Å². The Morgan fingerprint density at radius 2 is 1.73 bits per heavy atom. The molecule has 33 heavy (non-hydrogen) atoms. The maximum Gasteiger partial charge on any atom is 0.241 e. The van der Waals surface area contributed by atoms with Crippen molar-refractivity contribution < 1.29 is 13.2 Å². The SMILES string of the molecule is Cc1cc(C)c(C)c(S(=O)(=O)NCCC(=O)N2CC(n3cc(Cn4nccn4)nn3)C2)c1C. The average Bonchev–Trinajstić information content (AvgIpc) is 3.38. The first-order valence-corrected chi connectivity index (χ1v) is 12.2. The maximum atomic E-state index is 12.9. The fraction of sp³-hybridized carbons (Fsp3) is 0.476. The first kappa shape index (κ1) is 23.1. The summed E-state index contributed by atoms with van der Waals surface area (Å²) < 4.78 is 30.1. The number of hydrogen-bond donors (Lipinski definition) is 1. The molecule has 0 atom stereocenters. The van der Waals surface area contributed by atoms with Crippen LogP contribution in [0.25, 0.3) is 0 Å². The highest BCUT2D eigenvalue weighted by Crippen LogP contribution is 2.26. The van der Waals surface area contributed by atoms with E-state index in [9.17, 15) is 13.2 Å². The minimum atomic E-state index is -3.70. The van der Waals surface area contributed by atoms with E-state index in [2.05, 4.69) is 25.2 Å². The van der Waals surface area contributed by atoms with Crippen LogP contribution in [0.15, 0.2) is 29.6 Å². The number of carbonyl (C=O) groups excluding carboxylic acids is 1. The Hall–Kier alpha value is -3.12. The van der Waals surface area contributed by atoms with Gasteiger partial charge in [-0.2, -0.15) is 15.0 Å². The predicted molar refractivity (Wildman–Crippen MR) is 120 cm³/mol. The Labute approximate surface area is 192 Å². The number of benzene rings is 1. The van der Waals surface area contributed by atoms with Gasteiger partial charge in [-0.3, -0.25) is 4.79 Å². The Morgan fingerprint density at radius 3 is 2.36 bits per heavy atom. The fourth-order valence-electron chi connectivity index (χ4n) is 3.97. The summed E-state index contributed by atoms with van der Waals surface area (Å²) in [5.74, 6) is -0.0936. The zero-order chi connectivity index (χ0) is 23.8. The van der Waals surface area contributed by atoms with Gasteiger partial charge in [-0.15, -0.1) is 5.10 Å². The molecular formula is C21H28N8O3S. The van der Waals surface area contributed by atoms with Gasteiger partial charge >= 0.3 is 0 Å². The zero-order valence-corrected chi connectivity index (χ0v) is 20.0. The van der Waals surface area contributed by atoms with Gasteiger partial charge in [-0.25, -0.2) is 17.8 Å². The maximum absolute atomic E-state index is 12.9. The number of likely N-dealkylation sites (tertiary alicyclic amines) is 1. The van der Waals surface area contributed by atoms with Crippen LogP contribution in [0, 0.1) is 27.7 Å². The molecule has 0 aliphatic carbocycles. The lowest BCUT2D eigenvalue weighted by molar-refractivity contribution is -0.137. The number of nitrogens with one attached hydrogen (secondary N) is 1. The Kier molecular flexibility index (Phi) is 6.30. The first-order chi connectivity index (χ1) is 15.7. The second-order valence-electron chi connectivity index (χ2n) is 8.44. The lowest BCUT2D eigenvalue weighted by atomic mass is 10.0. The molecule has 1 fully saturated rings. The third-order valence-electron chi connectivity index (χ3n) is 6.11. The summed E-state index contributed by atoms with van der Waals surface area (Å²) in [5.41, 5.74) is 4.06. The van der Waals surface area contributed by atoms with E-state index in [1.54, 1.807) is 22.0 Å². The molecule has 0 saturated carbocycles. The van der Waals surface area contributed by atoms with Crippen molar-refractivity contribution in [3.63, 3.8) is 0 Å². The summed E-state index contributed by atoms with van der Waals surface area (Å²) >= 11 is 0. The normalized spacial score (nSPS) is 14.5. The molecule has 12 heteroatoms. The molecule has 2 aromatic heterocycles. The van der Waals surface area contributed by atoms with Crippen LogP contribution in [0.2, 0.25) is 0 Å². The van der Waals surface area contributed by atoms with E-state index in [1.165, 1.54) is 4.80 Å². The van der Waals surface area contributed by atoms with Crippen LogP contribution < -0.4 is 4.72 Å². The number of aryl methyl sites for hydroxylation is 2. The summed E-state index contributed by atoms with van der Waals surface area (Å²) in [6.07, 6.45) is 5.13. The lowest BCUT2D eigenvalue weighted by Gasteiger charge is -2.39. The van der Waals surface area contributed by atoms with Crippen LogP contribution >= 0.6 is 0 Å².